The van der Waals surface area contributed by atoms with Gasteiger partial charge < -0.3 is 9.47 Å². The Hall–Kier alpha value is -0.860. The van der Waals surface area contributed by atoms with Crippen LogP contribution in [0.25, 0.3) is 0 Å². The molecule has 0 aliphatic carbocycles. The van der Waals surface area contributed by atoms with Crippen LogP contribution in [0, 0.1) is 0 Å². The molecule has 1 aromatic carbocycles. The lowest BCUT2D eigenvalue weighted by atomic mass is 9.83. The van der Waals surface area contributed by atoms with Crippen LogP contribution >= 0.6 is 0 Å². The van der Waals surface area contributed by atoms with E-state index in [4.69, 9.17) is 9.47 Å². The zero-order valence-corrected chi connectivity index (χ0v) is 12.9. The molecule has 1 heterocycles. The first-order chi connectivity index (χ1) is 8.93. The molecule has 2 nitrogen and oxygen atoms in total. The second-order valence-corrected chi connectivity index (χ2v) is 6.28. The summed E-state index contributed by atoms with van der Waals surface area (Å²) in [5.41, 5.74) is 4.04. The Morgan fingerprint density at radius 2 is 1.74 bits per heavy atom. The Labute approximate surface area is 117 Å². The highest BCUT2D eigenvalue weighted by atomic mass is 16.7. The lowest BCUT2D eigenvalue weighted by Crippen LogP contribution is -2.28. The number of aryl methyl sites for hydroxylation is 1. The van der Waals surface area contributed by atoms with E-state index in [2.05, 4.69) is 52.8 Å². The maximum Gasteiger partial charge on any atom is 0.194 e. The lowest BCUT2D eigenvalue weighted by Gasteiger charge is -2.31. The molecule has 0 N–H and O–H groups in total. The topological polar surface area (TPSA) is 18.5 Å². The molecule has 106 valence electrons. The normalized spacial score (nSPS) is 18.8. The van der Waals surface area contributed by atoms with Gasteiger partial charge in [-0.2, -0.15) is 0 Å². The van der Waals surface area contributed by atoms with Crippen LogP contribution in [0.3, 0.4) is 0 Å². The fraction of sp³-hybridized carbons (Fsp3) is 0.647. The highest BCUT2D eigenvalue weighted by molar-refractivity contribution is 5.38. The van der Waals surface area contributed by atoms with E-state index >= 15 is 0 Å². The van der Waals surface area contributed by atoms with Crippen molar-refractivity contribution >= 4 is 0 Å². The minimum absolute atomic E-state index is 0.147. The molecular formula is C17H26O2. The fourth-order valence-corrected chi connectivity index (χ4v) is 2.71. The molecule has 19 heavy (non-hydrogen) atoms. The van der Waals surface area contributed by atoms with Gasteiger partial charge >= 0.3 is 0 Å². The third-order valence-corrected chi connectivity index (χ3v) is 3.99. The minimum Gasteiger partial charge on any atom is -0.343 e. The lowest BCUT2D eigenvalue weighted by molar-refractivity contribution is -0.168. The zero-order chi connectivity index (χ0) is 14.1. The molecule has 0 bridgehead atoms. The van der Waals surface area contributed by atoms with Gasteiger partial charge in [-0.05, 0) is 29.0 Å². The van der Waals surface area contributed by atoms with Crippen LogP contribution in [0.5, 0.6) is 0 Å². The molecule has 1 fully saturated rings. The van der Waals surface area contributed by atoms with Crippen molar-refractivity contribution in [2.45, 2.75) is 58.7 Å². The summed E-state index contributed by atoms with van der Waals surface area (Å²) in [5, 5.41) is 0. The molecule has 0 saturated carbocycles. The largest absolute Gasteiger partial charge is 0.343 e. The Morgan fingerprint density at radius 3 is 2.21 bits per heavy atom. The van der Waals surface area contributed by atoms with Gasteiger partial charge in [-0.1, -0.05) is 46.8 Å². The smallest absolute Gasteiger partial charge is 0.194 e. The van der Waals surface area contributed by atoms with Crippen molar-refractivity contribution < 1.29 is 9.47 Å². The second-order valence-electron chi connectivity index (χ2n) is 6.28. The molecule has 1 aliphatic rings. The van der Waals surface area contributed by atoms with Crippen LogP contribution in [-0.4, -0.2) is 13.2 Å². The van der Waals surface area contributed by atoms with Crippen molar-refractivity contribution in [2.75, 3.05) is 13.2 Å². The third kappa shape index (κ3) is 2.70. The summed E-state index contributed by atoms with van der Waals surface area (Å²) in [6.45, 7) is 12.4. The van der Waals surface area contributed by atoms with Crippen LogP contribution in [0.1, 0.15) is 57.7 Å². The van der Waals surface area contributed by atoms with Crippen LogP contribution in [0.2, 0.25) is 0 Å². The molecule has 2 heteroatoms. The van der Waals surface area contributed by atoms with Crippen LogP contribution in [0.15, 0.2) is 18.2 Å². The maximum absolute atomic E-state index is 5.96. The molecule has 1 aliphatic heterocycles. The number of rotatable bonds is 3. The quantitative estimate of drug-likeness (QED) is 0.814. The second kappa shape index (κ2) is 5.26. The molecule has 0 radical (unpaired) electrons. The van der Waals surface area contributed by atoms with Gasteiger partial charge in [0.05, 0.1) is 13.2 Å². The molecule has 0 spiro atoms. The summed E-state index contributed by atoms with van der Waals surface area (Å²) in [5.74, 6) is -0.521. The van der Waals surface area contributed by atoms with E-state index in [1.54, 1.807) is 0 Å². The fourth-order valence-electron chi connectivity index (χ4n) is 2.71. The third-order valence-electron chi connectivity index (χ3n) is 3.99. The van der Waals surface area contributed by atoms with Gasteiger partial charge in [0.1, 0.15) is 0 Å². The first kappa shape index (κ1) is 14.5. The number of benzene rings is 1. The average Bonchev–Trinajstić information content (AvgIpc) is 2.86. The van der Waals surface area contributed by atoms with E-state index in [9.17, 15) is 0 Å². The predicted molar refractivity (Wildman–Crippen MR) is 78.4 cm³/mol. The molecule has 0 unspecified atom stereocenters. The molecule has 0 aromatic heterocycles. The van der Waals surface area contributed by atoms with E-state index in [1.165, 1.54) is 16.7 Å². The minimum atomic E-state index is -0.521. The summed E-state index contributed by atoms with van der Waals surface area (Å²) in [6.07, 6.45) is 1.86. The molecule has 2 rings (SSSR count). The van der Waals surface area contributed by atoms with Gasteiger partial charge in [-0.15, -0.1) is 0 Å². The Kier molecular flexibility index (Phi) is 4.03. The Bertz CT molecular complexity index is 437. The molecular weight excluding hydrogens is 236 g/mol. The predicted octanol–water partition coefficient (Wildman–Crippen LogP) is 4.16. The maximum atomic E-state index is 5.96. The Balaban J connectivity index is 2.53. The van der Waals surface area contributed by atoms with Crippen LogP contribution in [-0.2, 0) is 27.1 Å². The molecule has 0 atom stereocenters. The first-order valence-corrected chi connectivity index (χ1v) is 7.34. The van der Waals surface area contributed by atoms with Crippen molar-refractivity contribution in [1.82, 2.24) is 0 Å². The molecule has 1 saturated heterocycles. The van der Waals surface area contributed by atoms with Crippen molar-refractivity contribution in [3.05, 3.63) is 34.9 Å². The first-order valence-electron chi connectivity index (χ1n) is 7.34. The summed E-state index contributed by atoms with van der Waals surface area (Å²) in [4.78, 5) is 0. The standard InChI is InChI=1S/C17H26O2/c1-6-13-8-9-14(16(3,4)5)12-15(13)17(7-2)18-10-11-19-17/h8-9,12H,6-7,10-11H2,1-5H3. The van der Waals surface area contributed by atoms with E-state index in [1.807, 2.05) is 0 Å². The van der Waals surface area contributed by atoms with E-state index in [-0.39, 0.29) is 5.41 Å². The van der Waals surface area contributed by atoms with Gasteiger partial charge in [0, 0.05) is 12.0 Å². The highest BCUT2D eigenvalue weighted by Crippen LogP contribution is 2.38. The monoisotopic (exact) mass is 262 g/mol. The number of ether oxygens (including phenoxy) is 2. The summed E-state index contributed by atoms with van der Waals surface area (Å²) >= 11 is 0. The van der Waals surface area contributed by atoms with Crippen LogP contribution < -0.4 is 0 Å². The molecule has 1 aromatic rings. The summed E-state index contributed by atoms with van der Waals surface area (Å²) in [6, 6.07) is 6.76. The van der Waals surface area contributed by atoms with Gasteiger partial charge in [0.25, 0.3) is 0 Å². The van der Waals surface area contributed by atoms with Crippen LogP contribution in [0.4, 0.5) is 0 Å². The van der Waals surface area contributed by atoms with Crippen molar-refractivity contribution in [3.63, 3.8) is 0 Å². The van der Waals surface area contributed by atoms with E-state index in [0.29, 0.717) is 13.2 Å². The highest BCUT2D eigenvalue weighted by Gasteiger charge is 2.38. The summed E-state index contributed by atoms with van der Waals surface area (Å²) in [7, 11) is 0. The van der Waals surface area contributed by atoms with Crippen molar-refractivity contribution in [2.24, 2.45) is 0 Å². The Morgan fingerprint density at radius 1 is 1.11 bits per heavy atom. The van der Waals surface area contributed by atoms with Gasteiger partial charge in [-0.3, -0.25) is 0 Å². The average molecular weight is 262 g/mol. The number of hydrogen-bond acceptors (Lipinski definition) is 2. The zero-order valence-electron chi connectivity index (χ0n) is 12.9. The van der Waals surface area contributed by atoms with Gasteiger partial charge in [0.15, 0.2) is 5.79 Å². The van der Waals surface area contributed by atoms with Gasteiger partial charge in [-0.25, -0.2) is 0 Å². The summed E-state index contributed by atoms with van der Waals surface area (Å²) < 4.78 is 11.9. The van der Waals surface area contributed by atoms with E-state index < -0.39 is 5.79 Å². The SMILES string of the molecule is CCc1ccc(C(C)(C)C)cc1C1(CC)OCCO1. The molecule has 0 amide bonds. The number of hydrogen-bond donors (Lipinski definition) is 0. The van der Waals surface area contributed by atoms with Crippen molar-refractivity contribution in [1.29, 1.82) is 0 Å². The van der Waals surface area contributed by atoms with Gasteiger partial charge in [0.2, 0.25) is 0 Å². The van der Waals surface area contributed by atoms with Crippen molar-refractivity contribution in [3.8, 4) is 0 Å². The van der Waals surface area contributed by atoms with E-state index in [0.717, 1.165) is 12.8 Å².